The smallest absolute Gasteiger partial charge is 0.249 e. The molecule has 1 saturated heterocycles. The van der Waals surface area contributed by atoms with Crippen LogP contribution in [-0.4, -0.2) is 18.6 Å². The van der Waals surface area contributed by atoms with Crippen molar-refractivity contribution >= 4 is 5.91 Å². The topological polar surface area (TPSA) is 38.3 Å². The predicted octanol–water partition coefficient (Wildman–Crippen LogP) is 1.79. The SMILES string of the molecule is Cc1cccc(CNC(=O)C2CCCO2)c1. The maximum atomic E-state index is 11.7. The molecule has 1 aromatic carbocycles. The predicted molar refractivity (Wildman–Crippen MR) is 62.0 cm³/mol. The van der Waals surface area contributed by atoms with Crippen LogP contribution in [0.2, 0.25) is 0 Å². The first-order valence-electron chi connectivity index (χ1n) is 5.70. The van der Waals surface area contributed by atoms with Gasteiger partial charge in [-0.25, -0.2) is 0 Å². The van der Waals surface area contributed by atoms with Crippen LogP contribution in [0.4, 0.5) is 0 Å². The summed E-state index contributed by atoms with van der Waals surface area (Å²) in [7, 11) is 0. The van der Waals surface area contributed by atoms with Gasteiger partial charge in [-0.05, 0) is 25.3 Å². The van der Waals surface area contributed by atoms with Crippen molar-refractivity contribution in [2.24, 2.45) is 0 Å². The summed E-state index contributed by atoms with van der Waals surface area (Å²) in [6.07, 6.45) is 1.60. The number of carbonyl (C=O) groups excluding carboxylic acids is 1. The van der Waals surface area contributed by atoms with Gasteiger partial charge in [-0.1, -0.05) is 29.8 Å². The van der Waals surface area contributed by atoms with Crippen LogP contribution in [0.5, 0.6) is 0 Å². The van der Waals surface area contributed by atoms with E-state index in [0.717, 1.165) is 18.4 Å². The van der Waals surface area contributed by atoms with Gasteiger partial charge in [-0.15, -0.1) is 0 Å². The van der Waals surface area contributed by atoms with Gasteiger partial charge >= 0.3 is 0 Å². The summed E-state index contributed by atoms with van der Waals surface area (Å²) in [5, 5.41) is 2.90. The quantitative estimate of drug-likeness (QED) is 0.841. The highest BCUT2D eigenvalue weighted by Crippen LogP contribution is 2.12. The molecule has 1 aliphatic rings. The minimum absolute atomic E-state index is 0.0130. The second kappa shape index (κ2) is 5.12. The molecular weight excluding hydrogens is 202 g/mol. The summed E-state index contributed by atoms with van der Waals surface area (Å²) in [6.45, 7) is 3.34. The second-order valence-electron chi connectivity index (χ2n) is 4.21. The zero-order valence-electron chi connectivity index (χ0n) is 9.53. The molecule has 0 aromatic heterocycles. The van der Waals surface area contributed by atoms with Crippen LogP contribution in [0.3, 0.4) is 0 Å². The van der Waals surface area contributed by atoms with Crippen LogP contribution in [0.1, 0.15) is 24.0 Å². The van der Waals surface area contributed by atoms with E-state index in [9.17, 15) is 4.79 Å². The lowest BCUT2D eigenvalue weighted by atomic mass is 10.1. The molecule has 1 N–H and O–H groups in total. The van der Waals surface area contributed by atoms with Crippen molar-refractivity contribution in [1.82, 2.24) is 5.32 Å². The van der Waals surface area contributed by atoms with E-state index in [2.05, 4.69) is 11.4 Å². The van der Waals surface area contributed by atoms with Gasteiger partial charge in [0, 0.05) is 13.2 Å². The van der Waals surface area contributed by atoms with Gasteiger partial charge in [0.05, 0.1) is 0 Å². The largest absolute Gasteiger partial charge is 0.368 e. The zero-order valence-corrected chi connectivity index (χ0v) is 9.53. The summed E-state index contributed by atoms with van der Waals surface area (Å²) in [5.74, 6) is 0.0130. The van der Waals surface area contributed by atoms with Gasteiger partial charge < -0.3 is 10.1 Å². The summed E-state index contributed by atoms with van der Waals surface area (Å²) in [4.78, 5) is 11.7. The Morgan fingerprint density at radius 2 is 2.44 bits per heavy atom. The van der Waals surface area contributed by atoms with Crippen molar-refractivity contribution in [3.8, 4) is 0 Å². The maximum absolute atomic E-state index is 11.7. The minimum atomic E-state index is -0.232. The average Bonchev–Trinajstić information content (AvgIpc) is 2.79. The van der Waals surface area contributed by atoms with Crippen LogP contribution in [0, 0.1) is 6.92 Å². The Labute approximate surface area is 95.8 Å². The Hall–Kier alpha value is -1.35. The van der Waals surface area contributed by atoms with Crippen molar-refractivity contribution in [3.05, 3.63) is 35.4 Å². The van der Waals surface area contributed by atoms with Gasteiger partial charge in [0.1, 0.15) is 6.10 Å². The molecule has 1 unspecified atom stereocenters. The normalized spacial score (nSPS) is 19.7. The van der Waals surface area contributed by atoms with Crippen molar-refractivity contribution in [1.29, 1.82) is 0 Å². The number of carbonyl (C=O) groups is 1. The number of ether oxygens (including phenoxy) is 1. The Balaban J connectivity index is 1.84. The summed E-state index contributed by atoms with van der Waals surface area (Å²) in [6, 6.07) is 8.15. The molecule has 3 heteroatoms. The molecule has 0 spiro atoms. The van der Waals surface area contributed by atoms with Gasteiger partial charge in [0.15, 0.2) is 0 Å². The van der Waals surface area contributed by atoms with E-state index in [1.165, 1.54) is 5.56 Å². The Kier molecular flexibility index (Phi) is 3.57. The highest BCUT2D eigenvalue weighted by Gasteiger charge is 2.22. The van der Waals surface area contributed by atoms with Gasteiger partial charge in [-0.3, -0.25) is 4.79 Å². The van der Waals surface area contributed by atoms with Crippen LogP contribution < -0.4 is 5.32 Å². The third-order valence-electron chi connectivity index (χ3n) is 2.77. The standard InChI is InChI=1S/C13H17NO2/c1-10-4-2-5-11(8-10)9-14-13(15)12-6-3-7-16-12/h2,4-5,8,12H,3,6-7,9H2,1H3,(H,14,15). The molecule has 86 valence electrons. The molecule has 0 saturated carbocycles. The average molecular weight is 219 g/mol. The summed E-state index contributed by atoms with van der Waals surface area (Å²) >= 11 is 0. The molecule has 16 heavy (non-hydrogen) atoms. The van der Waals surface area contributed by atoms with Crippen molar-refractivity contribution < 1.29 is 9.53 Å². The Morgan fingerprint density at radius 3 is 3.12 bits per heavy atom. The van der Waals surface area contributed by atoms with Crippen molar-refractivity contribution in [2.45, 2.75) is 32.4 Å². The number of amides is 1. The molecule has 1 heterocycles. The Morgan fingerprint density at radius 1 is 1.56 bits per heavy atom. The summed E-state index contributed by atoms with van der Waals surface area (Å²) < 4.78 is 5.31. The fraction of sp³-hybridized carbons (Fsp3) is 0.462. The van der Waals surface area contributed by atoms with E-state index in [1.54, 1.807) is 0 Å². The van der Waals surface area contributed by atoms with E-state index in [-0.39, 0.29) is 12.0 Å². The molecule has 0 aliphatic carbocycles. The highest BCUT2D eigenvalue weighted by atomic mass is 16.5. The lowest BCUT2D eigenvalue weighted by Gasteiger charge is -2.10. The molecule has 0 radical (unpaired) electrons. The molecule has 1 aliphatic heterocycles. The fourth-order valence-electron chi connectivity index (χ4n) is 1.91. The first kappa shape index (κ1) is 11.1. The van der Waals surface area contributed by atoms with Gasteiger partial charge in [0.2, 0.25) is 5.91 Å². The van der Waals surface area contributed by atoms with E-state index >= 15 is 0 Å². The molecule has 3 nitrogen and oxygen atoms in total. The molecule has 2 rings (SSSR count). The third kappa shape index (κ3) is 2.83. The molecule has 1 aromatic rings. The van der Waals surface area contributed by atoms with E-state index in [4.69, 9.17) is 4.74 Å². The first-order valence-corrected chi connectivity index (χ1v) is 5.70. The lowest BCUT2D eigenvalue weighted by molar-refractivity contribution is -0.130. The number of rotatable bonds is 3. The van der Waals surface area contributed by atoms with Crippen LogP contribution >= 0.6 is 0 Å². The number of hydrogen-bond acceptors (Lipinski definition) is 2. The number of benzene rings is 1. The fourth-order valence-corrected chi connectivity index (χ4v) is 1.91. The van der Waals surface area contributed by atoms with Crippen LogP contribution in [-0.2, 0) is 16.1 Å². The highest BCUT2D eigenvalue weighted by molar-refractivity contribution is 5.80. The molecule has 0 bridgehead atoms. The van der Waals surface area contributed by atoms with Gasteiger partial charge in [0.25, 0.3) is 0 Å². The van der Waals surface area contributed by atoms with Crippen LogP contribution in [0.15, 0.2) is 24.3 Å². The summed E-state index contributed by atoms with van der Waals surface area (Å²) in [5.41, 5.74) is 2.34. The number of aryl methyl sites for hydroxylation is 1. The monoisotopic (exact) mass is 219 g/mol. The Bertz CT molecular complexity index is 370. The molecule has 1 atom stereocenters. The minimum Gasteiger partial charge on any atom is -0.368 e. The van der Waals surface area contributed by atoms with Crippen molar-refractivity contribution in [2.75, 3.05) is 6.61 Å². The van der Waals surface area contributed by atoms with E-state index in [1.807, 2.05) is 25.1 Å². The molecule has 1 amide bonds. The van der Waals surface area contributed by atoms with Gasteiger partial charge in [-0.2, -0.15) is 0 Å². The first-order chi connectivity index (χ1) is 7.75. The van der Waals surface area contributed by atoms with E-state index in [0.29, 0.717) is 13.2 Å². The van der Waals surface area contributed by atoms with Crippen molar-refractivity contribution in [3.63, 3.8) is 0 Å². The third-order valence-corrected chi connectivity index (χ3v) is 2.77. The second-order valence-corrected chi connectivity index (χ2v) is 4.21. The lowest BCUT2D eigenvalue weighted by Crippen LogP contribution is -2.33. The maximum Gasteiger partial charge on any atom is 0.249 e. The van der Waals surface area contributed by atoms with Crippen LogP contribution in [0.25, 0.3) is 0 Å². The molecular formula is C13H17NO2. The zero-order chi connectivity index (χ0) is 11.4. The molecule has 1 fully saturated rings. The number of nitrogens with one attached hydrogen (secondary N) is 1. The number of hydrogen-bond donors (Lipinski definition) is 1. The van der Waals surface area contributed by atoms with E-state index < -0.39 is 0 Å².